The molecule has 240 valence electrons. The molecule has 0 spiro atoms. The van der Waals surface area contributed by atoms with Crippen LogP contribution < -0.4 is 15.1 Å². The number of carbonyl (C=O) groups is 1. The zero-order valence-corrected chi connectivity index (χ0v) is 29.5. The largest absolute Gasteiger partial charge is 0.444 e. The van der Waals surface area contributed by atoms with Gasteiger partial charge in [-0.1, -0.05) is 32.0 Å². The van der Waals surface area contributed by atoms with Crippen LogP contribution in [0.15, 0.2) is 22.7 Å². The van der Waals surface area contributed by atoms with Gasteiger partial charge in [0.05, 0.1) is 35.8 Å². The first kappa shape index (κ1) is 33.3. The van der Waals surface area contributed by atoms with E-state index in [2.05, 4.69) is 79.4 Å². The lowest BCUT2D eigenvalue weighted by atomic mass is 9.91. The first-order chi connectivity index (χ1) is 19.9. The molecule has 0 saturated heterocycles. The molecule has 1 saturated carbocycles. The Balaban J connectivity index is 1.76. The van der Waals surface area contributed by atoms with E-state index < -0.39 is 20.0 Å². The molecule has 1 unspecified atom stereocenters. The summed E-state index contributed by atoms with van der Waals surface area (Å²) in [4.78, 5) is 18.2. The van der Waals surface area contributed by atoms with Crippen LogP contribution in [0.4, 0.5) is 16.2 Å². The van der Waals surface area contributed by atoms with Crippen molar-refractivity contribution in [3.8, 4) is 11.1 Å². The number of carbonyl (C=O) groups excluding carboxylic acids is 1. The van der Waals surface area contributed by atoms with E-state index >= 15 is 0 Å². The van der Waals surface area contributed by atoms with Gasteiger partial charge in [0.1, 0.15) is 17.5 Å². The molecule has 0 bridgehead atoms. The minimum Gasteiger partial charge on any atom is -0.444 e. The van der Waals surface area contributed by atoms with Crippen molar-refractivity contribution in [3.05, 3.63) is 29.7 Å². The minimum absolute atomic E-state index is 0.0372. The molecule has 10 heteroatoms. The van der Waals surface area contributed by atoms with E-state index in [0.29, 0.717) is 12.6 Å². The number of nitrogens with one attached hydrogen (secondary N) is 1. The zero-order chi connectivity index (χ0) is 31.9. The Morgan fingerprint density at radius 2 is 1.74 bits per heavy atom. The predicted octanol–water partition coefficient (Wildman–Crippen LogP) is 7.41. The van der Waals surface area contributed by atoms with E-state index in [0.717, 1.165) is 59.6 Å². The van der Waals surface area contributed by atoms with Gasteiger partial charge >= 0.3 is 6.09 Å². The third-order valence-corrected chi connectivity index (χ3v) is 14.0. The quantitative estimate of drug-likeness (QED) is 0.308. The van der Waals surface area contributed by atoms with Gasteiger partial charge in [-0.2, -0.15) is 0 Å². The van der Waals surface area contributed by atoms with Crippen molar-refractivity contribution in [1.82, 2.24) is 10.5 Å². The molecule has 2 atom stereocenters. The van der Waals surface area contributed by atoms with E-state index in [1.807, 2.05) is 41.7 Å². The van der Waals surface area contributed by atoms with Crippen LogP contribution >= 0.6 is 0 Å². The predicted molar refractivity (Wildman–Crippen MR) is 175 cm³/mol. The number of fused-ring (bicyclic) bond motifs is 1. The van der Waals surface area contributed by atoms with Gasteiger partial charge in [-0.15, -0.1) is 0 Å². The number of anilines is 2. The van der Waals surface area contributed by atoms with Crippen LogP contribution in [0, 0.1) is 13.8 Å². The molecule has 1 aromatic carbocycles. The number of benzene rings is 1. The Kier molecular flexibility index (Phi) is 9.64. The Bertz CT molecular complexity index is 1250. The van der Waals surface area contributed by atoms with Crippen molar-refractivity contribution >= 4 is 25.8 Å². The van der Waals surface area contributed by atoms with Gasteiger partial charge in [0, 0.05) is 25.8 Å². The maximum Gasteiger partial charge on any atom is 0.408 e. The average molecular weight is 615 g/mol. The summed E-state index contributed by atoms with van der Waals surface area (Å²) in [5.74, 6) is 0.802. The summed E-state index contributed by atoms with van der Waals surface area (Å²) in [5.41, 5.74) is 4.63. The van der Waals surface area contributed by atoms with Gasteiger partial charge < -0.3 is 33.5 Å². The molecular weight excluding hydrogens is 560 g/mol. The molecule has 1 amide bonds. The minimum atomic E-state index is -2.11. The molecule has 4 rings (SSSR count). The normalized spacial score (nSPS) is 22.0. The maximum atomic E-state index is 13.3. The van der Waals surface area contributed by atoms with Crippen LogP contribution in [0.2, 0.25) is 18.1 Å². The lowest BCUT2D eigenvalue weighted by Crippen LogP contribution is -2.62. The molecule has 1 fully saturated rings. The second-order valence-corrected chi connectivity index (χ2v) is 19.6. The van der Waals surface area contributed by atoms with Crippen molar-refractivity contribution < 1.29 is 23.2 Å². The Morgan fingerprint density at radius 1 is 1.09 bits per heavy atom. The highest BCUT2D eigenvalue weighted by Gasteiger charge is 2.46. The monoisotopic (exact) mass is 614 g/mol. The number of nitrogens with zero attached hydrogens (tertiary/aromatic N) is 3. The summed E-state index contributed by atoms with van der Waals surface area (Å²) in [6.45, 7) is 21.2. The Hall–Kier alpha value is -2.56. The zero-order valence-electron chi connectivity index (χ0n) is 28.5. The summed E-state index contributed by atoms with van der Waals surface area (Å²) in [5, 5.41) is 7.49. The molecular formula is C33H54N4O5Si. The lowest BCUT2D eigenvalue weighted by Gasteiger charge is -2.45. The smallest absolute Gasteiger partial charge is 0.408 e. The van der Waals surface area contributed by atoms with Crippen molar-refractivity contribution in [2.24, 2.45) is 0 Å². The second kappa shape index (κ2) is 12.4. The number of ether oxygens (including phenoxy) is 2. The number of rotatable bonds is 8. The molecule has 9 nitrogen and oxygen atoms in total. The van der Waals surface area contributed by atoms with Crippen LogP contribution in [0.1, 0.15) is 78.7 Å². The van der Waals surface area contributed by atoms with E-state index in [4.69, 9.17) is 18.4 Å². The molecule has 1 aliphatic heterocycles. The van der Waals surface area contributed by atoms with E-state index in [-0.39, 0.29) is 23.3 Å². The molecule has 2 heterocycles. The molecule has 0 radical (unpaired) electrons. The third kappa shape index (κ3) is 7.23. The number of methoxy groups -OCH3 is 1. The maximum absolute atomic E-state index is 13.3. The molecule has 1 aromatic heterocycles. The van der Waals surface area contributed by atoms with Crippen molar-refractivity contribution in [1.29, 1.82) is 0 Å². The van der Waals surface area contributed by atoms with Gasteiger partial charge in [0.15, 0.2) is 8.32 Å². The molecule has 2 aliphatic rings. The molecule has 2 aromatic rings. The van der Waals surface area contributed by atoms with Crippen molar-refractivity contribution in [2.45, 2.75) is 129 Å². The Morgan fingerprint density at radius 3 is 2.28 bits per heavy atom. The van der Waals surface area contributed by atoms with Gasteiger partial charge in [-0.3, -0.25) is 0 Å². The fourth-order valence-electron chi connectivity index (χ4n) is 6.16. The topological polar surface area (TPSA) is 89.3 Å². The van der Waals surface area contributed by atoms with Gasteiger partial charge in [0.25, 0.3) is 0 Å². The highest BCUT2D eigenvalue weighted by Crippen LogP contribution is 2.46. The standard InChI is InChI=1S/C33H54N4O5Si/c1-21-29(22(2)42-35-21)23-13-18-27-28(19-23)36(9)30(37(27)24-14-16-25(39-10)17-15-24)26(34-31(38)41-32(3,4)5)20-40-43(11,12)33(6,7)8/h13,18-19,24-26,30H,14-17,20H2,1-12H3,(H,34,38)/t24?,25?,26-,30?/m1/s1. The summed E-state index contributed by atoms with van der Waals surface area (Å²) in [6.07, 6.45) is 3.72. The van der Waals surface area contributed by atoms with Crippen molar-refractivity contribution in [3.63, 3.8) is 0 Å². The fourth-order valence-corrected chi connectivity index (χ4v) is 7.19. The van der Waals surface area contributed by atoms with Gasteiger partial charge in [-0.25, -0.2) is 4.79 Å². The van der Waals surface area contributed by atoms with Gasteiger partial charge in [0.2, 0.25) is 0 Å². The average Bonchev–Trinajstić information content (AvgIpc) is 3.39. The first-order valence-electron chi connectivity index (χ1n) is 15.7. The van der Waals surface area contributed by atoms with Crippen LogP contribution in [-0.4, -0.2) is 70.3 Å². The summed E-state index contributed by atoms with van der Waals surface area (Å²) >= 11 is 0. The molecule has 43 heavy (non-hydrogen) atoms. The summed E-state index contributed by atoms with van der Waals surface area (Å²) in [7, 11) is 1.82. The number of aryl methyl sites for hydroxylation is 2. The number of hydrogen-bond acceptors (Lipinski definition) is 8. The lowest BCUT2D eigenvalue weighted by molar-refractivity contribution is 0.0467. The highest BCUT2D eigenvalue weighted by atomic mass is 28.4. The Labute approximate surface area is 259 Å². The second-order valence-electron chi connectivity index (χ2n) is 14.8. The number of aromatic nitrogens is 1. The fraction of sp³-hybridized carbons (Fsp3) is 0.697. The summed E-state index contributed by atoms with van der Waals surface area (Å²) in [6, 6.07) is 6.56. The first-order valence-corrected chi connectivity index (χ1v) is 18.6. The van der Waals surface area contributed by atoms with Gasteiger partial charge in [-0.05, 0) is 96.1 Å². The number of alkyl carbamates (subject to hydrolysis) is 1. The van der Waals surface area contributed by atoms with Crippen LogP contribution in [0.5, 0.6) is 0 Å². The third-order valence-electron chi connectivity index (χ3n) is 9.50. The van der Waals surface area contributed by atoms with Crippen LogP contribution in [-0.2, 0) is 13.9 Å². The molecule has 1 aliphatic carbocycles. The summed E-state index contributed by atoms with van der Waals surface area (Å²) < 4.78 is 23.8. The van der Waals surface area contributed by atoms with E-state index in [1.165, 1.54) is 0 Å². The van der Waals surface area contributed by atoms with Crippen LogP contribution in [0.25, 0.3) is 11.1 Å². The number of likely N-dealkylation sites (N-methyl/N-ethyl adjacent to an activating group) is 1. The van der Waals surface area contributed by atoms with E-state index in [9.17, 15) is 4.79 Å². The number of amides is 1. The van der Waals surface area contributed by atoms with Crippen LogP contribution in [0.3, 0.4) is 0 Å². The SMILES string of the molecule is COC1CCC(N2c3ccc(-c4c(C)noc4C)cc3N(C)C2[C@@H](CO[Si](C)(C)C(C)(C)C)NC(=O)OC(C)(C)C)CC1. The number of hydrogen-bond donors (Lipinski definition) is 1. The molecule has 1 N–H and O–H groups in total. The highest BCUT2D eigenvalue weighted by molar-refractivity contribution is 6.74. The van der Waals surface area contributed by atoms with E-state index in [1.54, 1.807) is 0 Å². The van der Waals surface area contributed by atoms with Crippen molar-refractivity contribution in [2.75, 3.05) is 30.6 Å².